The quantitative estimate of drug-likeness (QED) is 0.756. The summed E-state index contributed by atoms with van der Waals surface area (Å²) in [6, 6.07) is 11.8. The summed E-state index contributed by atoms with van der Waals surface area (Å²) in [5.74, 6) is -0.408. The monoisotopic (exact) mass is 328 g/mol. The van der Waals surface area contributed by atoms with Crippen molar-refractivity contribution in [2.75, 3.05) is 5.32 Å². The normalized spacial score (nSPS) is 11.3. The van der Waals surface area contributed by atoms with Gasteiger partial charge in [-0.1, -0.05) is 18.2 Å². The number of rotatable bonds is 3. The van der Waals surface area contributed by atoms with Gasteiger partial charge in [-0.15, -0.1) is 0 Å². The van der Waals surface area contributed by atoms with Crippen molar-refractivity contribution in [1.82, 2.24) is 9.97 Å². The molecule has 3 aromatic rings. The van der Waals surface area contributed by atoms with Gasteiger partial charge in [0.05, 0.1) is 11.1 Å². The van der Waals surface area contributed by atoms with Crippen molar-refractivity contribution in [3.8, 4) is 0 Å². The lowest BCUT2D eigenvalue weighted by atomic mass is 10.1. The van der Waals surface area contributed by atoms with Crippen LogP contribution in [-0.4, -0.2) is 24.3 Å². The Morgan fingerprint density at radius 2 is 1.87 bits per heavy atom. The fourth-order valence-corrected chi connectivity index (χ4v) is 2.54. The van der Waals surface area contributed by atoms with Gasteiger partial charge in [-0.25, -0.2) is 18.5 Å². The number of anilines is 1. The number of benzene rings is 1. The molecule has 0 saturated carbocycles. The third-order valence-electron chi connectivity index (χ3n) is 3.14. The van der Waals surface area contributed by atoms with Crippen LogP contribution in [0.25, 0.3) is 10.9 Å². The van der Waals surface area contributed by atoms with Gasteiger partial charge in [0.1, 0.15) is 0 Å². The van der Waals surface area contributed by atoms with Crippen LogP contribution >= 0.6 is 0 Å². The Bertz CT molecular complexity index is 1000. The number of primary sulfonamides is 1. The molecule has 0 radical (unpaired) electrons. The molecule has 0 saturated heterocycles. The molecule has 0 aliphatic carbocycles. The molecular formula is C15H12N4O3S. The Labute approximate surface area is 132 Å². The number of sulfonamides is 1. The van der Waals surface area contributed by atoms with Gasteiger partial charge in [0, 0.05) is 29.5 Å². The van der Waals surface area contributed by atoms with E-state index in [9.17, 15) is 13.2 Å². The molecule has 23 heavy (non-hydrogen) atoms. The van der Waals surface area contributed by atoms with Crippen LogP contribution in [0.1, 0.15) is 10.4 Å². The van der Waals surface area contributed by atoms with Crippen molar-refractivity contribution in [2.24, 2.45) is 5.14 Å². The number of nitrogens with one attached hydrogen (secondary N) is 1. The first kappa shape index (κ1) is 15.1. The van der Waals surface area contributed by atoms with Crippen LogP contribution in [0.4, 0.5) is 5.69 Å². The number of carbonyl (C=O) groups is 1. The maximum Gasteiger partial charge on any atom is 0.257 e. The molecule has 2 aromatic heterocycles. The minimum absolute atomic E-state index is 0.280. The molecule has 3 N–H and O–H groups in total. The number of amides is 1. The predicted molar refractivity (Wildman–Crippen MR) is 85.3 cm³/mol. The van der Waals surface area contributed by atoms with E-state index in [4.69, 9.17) is 5.14 Å². The first-order valence-corrected chi connectivity index (χ1v) is 8.13. The summed E-state index contributed by atoms with van der Waals surface area (Å²) < 4.78 is 22.6. The molecule has 0 aliphatic rings. The summed E-state index contributed by atoms with van der Waals surface area (Å²) in [6.07, 6.45) is 2.72. The Morgan fingerprint density at radius 3 is 2.65 bits per heavy atom. The number of nitrogens with zero attached hydrogens (tertiary/aromatic N) is 2. The Kier molecular flexibility index (Phi) is 3.77. The average molecular weight is 328 g/mol. The summed E-state index contributed by atoms with van der Waals surface area (Å²) >= 11 is 0. The van der Waals surface area contributed by atoms with Crippen LogP contribution < -0.4 is 10.5 Å². The van der Waals surface area contributed by atoms with Gasteiger partial charge in [-0.05, 0) is 18.2 Å². The lowest BCUT2D eigenvalue weighted by Gasteiger charge is -2.07. The number of nitrogens with two attached hydrogens (primary N) is 1. The van der Waals surface area contributed by atoms with Crippen LogP contribution in [0, 0.1) is 0 Å². The highest BCUT2D eigenvalue weighted by molar-refractivity contribution is 7.89. The number of para-hydroxylation sites is 1. The highest BCUT2D eigenvalue weighted by Crippen LogP contribution is 2.15. The molecule has 0 fully saturated rings. The largest absolute Gasteiger partial charge is 0.322 e. The molecule has 116 valence electrons. The Balaban J connectivity index is 1.88. The lowest BCUT2D eigenvalue weighted by Crippen LogP contribution is -2.16. The standard InChI is InChI=1S/C15H12N4O3S/c16-23(21,22)14-8-12(5-6-17-14)19-15(20)11-7-10-3-1-2-4-13(10)18-9-11/h1-9H,(H2,16,21,22)(H,17,19,20). The first-order chi connectivity index (χ1) is 10.9. The summed E-state index contributed by atoms with van der Waals surface area (Å²) in [4.78, 5) is 20.1. The van der Waals surface area contributed by atoms with Gasteiger partial charge >= 0.3 is 0 Å². The molecule has 1 aromatic carbocycles. The highest BCUT2D eigenvalue weighted by atomic mass is 32.2. The lowest BCUT2D eigenvalue weighted by molar-refractivity contribution is 0.102. The van der Waals surface area contributed by atoms with E-state index in [0.29, 0.717) is 5.56 Å². The second-order valence-electron chi connectivity index (χ2n) is 4.80. The summed E-state index contributed by atoms with van der Waals surface area (Å²) in [5.41, 5.74) is 1.42. The minimum Gasteiger partial charge on any atom is -0.322 e. The van der Waals surface area contributed by atoms with E-state index in [1.165, 1.54) is 24.5 Å². The molecular weight excluding hydrogens is 316 g/mol. The molecule has 8 heteroatoms. The first-order valence-electron chi connectivity index (χ1n) is 6.58. The molecule has 0 unspecified atom stereocenters. The van der Waals surface area contributed by atoms with Crippen LogP contribution in [-0.2, 0) is 10.0 Å². The average Bonchev–Trinajstić information content (AvgIpc) is 2.54. The van der Waals surface area contributed by atoms with Crippen molar-refractivity contribution < 1.29 is 13.2 Å². The van der Waals surface area contributed by atoms with E-state index in [-0.39, 0.29) is 10.7 Å². The molecule has 0 aliphatic heterocycles. The fraction of sp³-hybridized carbons (Fsp3) is 0. The van der Waals surface area contributed by atoms with Crippen molar-refractivity contribution >= 4 is 32.5 Å². The minimum atomic E-state index is -3.93. The van der Waals surface area contributed by atoms with Gasteiger partial charge in [0.25, 0.3) is 15.9 Å². The number of fused-ring (bicyclic) bond motifs is 1. The smallest absolute Gasteiger partial charge is 0.257 e. The van der Waals surface area contributed by atoms with E-state index in [2.05, 4.69) is 15.3 Å². The molecule has 0 atom stereocenters. The van der Waals surface area contributed by atoms with Crippen LogP contribution in [0.3, 0.4) is 0 Å². The number of hydrogen-bond donors (Lipinski definition) is 2. The second kappa shape index (κ2) is 5.75. The maximum atomic E-state index is 12.3. The molecule has 1 amide bonds. The zero-order valence-electron chi connectivity index (χ0n) is 11.8. The fourth-order valence-electron chi connectivity index (χ4n) is 2.04. The van der Waals surface area contributed by atoms with Gasteiger partial charge < -0.3 is 5.32 Å². The molecule has 2 heterocycles. The third kappa shape index (κ3) is 3.33. The summed E-state index contributed by atoms with van der Waals surface area (Å²) in [5, 5.41) is 8.13. The Hall–Kier alpha value is -2.84. The van der Waals surface area contributed by atoms with E-state index in [1.807, 2.05) is 24.3 Å². The van der Waals surface area contributed by atoms with E-state index < -0.39 is 15.9 Å². The number of carbonyl (C=O) groups excluding carboxylic acids is 1. The zero-order chi connectivity index (χ0) is 16.4. The number of hydrogen-bond acceptors (Lipinski definition) is 5. The Morgan fingerprint density at radius 1 is 1.09 bits per heavy atom. The van der Waals surface area contributed by atoms with E-state index in [1.54, 1.807) is 6.07 Å². The topological polar surface area (TPSA) is 115 Å². The molecule has 3 rings (SSSR count). The highest BCUT2D eigenvalue weighted by Gasteiger charge is 2.12. The van der Waals surface area contributed by atoms with Crippen molar-refractivity contribution in [3.05, 3.63) is 60.4 Å². The van der Waals surface area contributed by atoms with Gasteiger partial charge in [-0.2, -0.15) is 0 Å². The molecule has 7 nitrogen and oxygen atoms in total. The van der Waals surface area contributed by atoms with Crippen molar-refractivity contribution in [1.29, 1.82) is 0 Å². The zero-order valence-corrected chi connectivity index (χ0v) is 12.6. The summed E-state index contributed by atoms with van der Waals surface area (Å²) in [6.45, 7) is 0. The van der Waals surface area contributed by atoms with Crippen LogP contribution in [0.15, 0.2) is 59.9 Å². The maximum absolute atomic E-state index is 12.3. The predicted octanol–water partition coefficient (Wildman–Crippen LogP) is 1.53. The van der Waals surface area contributed by atoms with Crippen molar-refractivity contribution in [3.63, 3.8) is 0 Å². The molecule has 0 spiro atoms. The van der Waals surface area contributed by atoms with Gasteiger partial charge in [-0.3, -0.25) is 9.78 Å². The second-order valence-corrected chi connectivity index (χ2v) is 6.31. The van der Waals surface area contributed by atoms with E-state index in [0.717, 1.165) is 10.9 Å². The van der Waals surface area contributed by atoms with E-state index >= 15 is 0 Å². The number of aromatic nitrogens is 2. The SMILES string of the molecule is NS(=O)(=O)c1cc(NC(=O)c2cnc3ccccc3c2)ccn1. The number of pyridine rings is 2. The summed E-state index contributed by atoms with van der Waals surface area (Å²) in [7, 11) is -3.93. The van der Waals surface area contributed by atoms with Crippen LogP contribution in [0.2, 0.25) is 0 Å². The third-order valence-corrected chi connectivity index (χ3v) is 3.94. The van der Waals surface area contributed by atoms with Gasteiger partial charge in [0.15, 0.2) is 5.03 Å². The molecule has 0 bridgehead atoms. The van der Waals surface area contributed by atoms with Crippen LogP contribution in [0.5, 0.6) is 0 Å². The van der Waals surface area contributed by atoms with Crippen molar-refractivity contribution in [2.45, 2.75) is 5.03 Å². The van der Waals surface area contributed by atoms with Gasteiger partial charge in [0.2, 0.25) is 0 Å².